The van der Waals surface area contributed by atoms with Crippen LogP contribution in [0.25, 0.3) is 5.65 Å². The number of fused-ring (bicyclic) bond motifs is 1. The molecule has 0 bridgehead atoms. The summed E-state index contributed by atoms with van der Waals surface area (Å²) in [5, 5.41) is 16.0. The SMILES string of the molecule is CCNC(=NCCc1nnc2ccccn12)N(C)Cc1cnn(C)c1.I. The molecule has 0 aliphatic carbocycles. The van der Waals surface area contributed by atoms with Crippen LogP contribution < -0.4 is 5.32 Å². The van der Waals surface area contributed by atoms with Crippen LogP contribution in [0, 0.1) is 0 Å². The van der Waals surface area contributed by atoms with Gasteiger partial charge in [-0.05, 0) is 19.1 Å². The Morgan fingerprint density at radius 1 is 1.31 bits per heavy atom. The molecule has 0 radical (unpaired) electrons. The Hall–Kier alpha value is -2.17. The van der Waals surface area contributed by atoms with Gasteiger partial charge in [-0.2, -0.15) is 5.10 Å². The van der Waals surface area contributed by atoms with Gasteiger partial charge in [0, 0.05) is 58.1 Å². The van der Waals surface area contributed by atoms with Gasteiger partial charge < -0.3 is 10.2 Å². The van der Waals surface area contributed by atoms with Gasteiger partial charge in [-0.3, -0.25) is 14.1 Å². The molecule has 8 nitrogen and oxygen atoms in total. The first kappa shape index (κ1) is 20.1. The van der Waals surface area contributed by atoms with E-state index in [1.165, 1.54) is 0 Å². The summed E-state index contributed by atoms with van der Waals surface area (Å²) in [7, 11) is 3.95. The molecule has 9 heteroatoms. The lowest BCUT2D eigenvalue weighted by molar-refractivity contribution is 0.476. The Labute approximate surface area is 170 Å². The number of rotatable bonds is 6. The normalized spacial score (nSPS) is 11.4. The Bertz CT molecular complexity index is 853. The van der Waals surface area contributed by atoms with Crippen molar-refractivity contribution >= 4 is 35.6 Å². The average Bonchev–Trinajstić information content (AvgIpc) is 3.20. The minimum Gasteiger partial charge on any atom is -0.357 e. The van der Waals surface area contributed by atoms with Crippen molar-refractivity contribution in [1.82, 2.24) is 34.6 Å². The van der Waals surface area contributed by atoms with Crippen LogP contribution in [0.3, 0.4) is 0 Å². The van der Waals surface area contributed by atoms with Crippen molar-refractivity contribution in [3.63, 3.8) is 0 Å². The number of aromatic nitrogens is 5. The molecular weight excluding hydrogens is 443 g/mol. The zero-order chi connectivity index (χ0) is 17.6. The number of hydrogen-bond acceptors (Lipinski definition) is 4. The van der Waals surface area contributed by atoms with Crippen LogP contribution in [0.2, 0.25) is 0 Å². The molecule has 0 fully saturated rings. The summed E-state index contributed by atoms with van der Waals surface area (Å²) in [6.45, 7) is 4.30. The van der Waals surface area contributed by atoms with Crippen molar-refractivity contribution in [2.75, 3.05) is 20.1 Å². The molecule has 0 saturated carbocycles. The minimum absolute atomic E-state index is 0. The maximum absolute atomic E-state index is 4.72. The van der Waals surface area contributed by atoms with E-state index in [4.69, 9.17) is 4.99 Å². The smallest absolute Gasteiger partial charge is 0.193 e. The van der Waals surface area contributed by atoms with Gasteiger partial charge in [0.05, 0.1) is 6.20 Å². The first-order valence-electron chi connectivity index (χ1n) is 8.43. The lowest BCUT2D eigenvalue weighted by Gasteiger charge is -2.21. The fraction of sp³-hybridized carbons (Fsp3) is 0.412. The number of nitrogens with zero attached hydrogens (tertiary/aromatic N) is 7. The number of hydrogen-bond donors (Lipinski definition) is 1. The Morgan fingerprint density at radius 2 is 2.15 bits per heavy atom. The number of halogens is 1. The van der Waals surface area contributed by atoms with Gasteiger partial charge in [0.25, 0.3) is 0 Å². The zero-order valence-electron chi connectivity index (χ0n) is 15.3. The van der Waals surface area contributed by atoms with E-state index in [1.54, 1.807) is 0 Å². The quantitative estimate of drug-likeness (QED) is 0.339. The number of pyridine rings is 1. The Morgan fingerprint density at radius 3 is 2.88 bits per heavy atom. The molecule has 3 rings (SSSR count). The predicted molar refractivity (Wildman–Crippen MR) is 113 cm³/mol. The molecule has 3 aromatic rings. The second-order valence-electron chi connectivity index (χ2n) is 5.91. The fourth-order valence-corrected chi connectivity index (χ4v) is 2.70. The van der Waals surface area contributed by atoms with E-state index in [1.807, 2.05) is 60.0 Å². The number of guanidine groups is 1. The van der Waals surface area contributed by atoms with Crippen molar-refractivity contribution in [3.8, 4) is 0 Å². The third-order valence-electron chi connectivity index (χ3n) is 3.86. The maximum Gasteiger partial charge on any atom is 0.193 e. The highest BCUT2D eigenvalue weighted by Gasteiger charge is 2.09. The van der Waals surface area contributed by atoms with E-state index in [9.17, 15) is 0 Å². The van der Waals surface area contributed by atoms with Crippen LogP contribution in [0.5, 0.6) is 0 Å². The van der Waals surface area contributed by atoms with E-state index in [0.717, 1.165) is 42.5 Å². The minimum atomic E-state index is 0. The second kappa shape index (κ2) is 9.51. The molecule has 0 unspecified atom stereocenters. The lowest BCUT2D eigenvalue weighted by atomic mass is 10.3. The van der Waals surface area contributed by atoms with Crippen molar-refractivity contribution in [2.45, 2.75) is 19.9 Å². The first-order chi connectivity index (χ1) is 12.2. The van der Waals surface area contributed by atoms with Gasteiger partial charge in [-0.15, -0.1) is 34.2 Å². The van der Waals surface area contributed by atoms with Gasteiger partial charge in [0.2, 0.25) is 0 Å². The first-order valence-corrected chi connectivity index (χ1v) is 8.43. The summed E-state index contributed by atoms with van der Waals surface area (Å²) in [6.07, 6.45) is 6.61. The maximum atomic E-state index is 4.72. The van der Waals surface area contributed by atoms with E-state index in [-0.39, 0.29) is 24.0 Å². The molecule has 0 amide bonds. The standard InChI is InChI=1S/C17H24N8.HI/c1-4-18-17(23(2)12-14-11-20-24(3)13-14)19-9-8-16-22-21-15-7-5-6-10-25(15)16;/h5-7,10-11,13H,4,8-9,12H2,1-3H3,(H,18,19);1H. The van der Waals surface area contributed by atoms with Crippen molar-refractivity contribution in [2.24, 2.45) is 12.0 Å². The molecule has 0 aliphatic heterocycles. The molecule has 0 aromatic carbocycles. The van der Waals surface area contributed by atoms with Gasteiger partial charge in [0.15, 0.2) is 11.6 Å². The molecule has 3 aromatic heterocycles. The second-order valence-corrected chi connectivity index (χ2v) is 5.91. The molecule has 0 atom stereocenters. The van der Waals surface area contributed by atoms with Crippen molar-refractivity contribution in [1.29, 1.82) is 0 Å². The Balaban J connectivity index is 0.00000243. The van der Waals surface area contributed by atoms with Crippen LogP contribution in [-0.4, -0.2) is 55.4 Å². The molecule has 0 aliphatic rings. The lowest BCUT2D eigenvalue weighted by Crippen LogP contribution is -2.38. The highest BCUT2D eigenvalue weighted by atomic mass is 127. The molecule has 3 heterocycles. The topological polar surface area (TPSA) is 75.6 Å². The van der Waals surface area contributed by atoms with Crippen LogP contribution in [0.15, 0.2) is 41.8 Å². The summed E-state index contributed by atoms with van der Waals surface area (Å²) < 4.78 is 3.81. The third kappa shape index (κ3) is 4.93. The van der Waals surface area contributed by atoms with E-state index < -0.39 is 0 Å². The van der Waals surface area contributed by atoms with E-state index in [0.29, 0.717) is 6.54 Å². The van der Waals surface area contributed by atoms with Crippen molar-refractivity contribution in [3.05, 3.63) is 48.2 Å². The summed E-state index contributed by atoms with van der Waals surface area (Å²) in [5.74, 6) is 1.80. The highest BCUT2D eigenvalue weighted by Crippen LogP contribution is 2.05. The summed E-state index contributed by atoms with van der Waals surface area (Å²) in [5.41, 5.74) is 2.01. The van der Waals surface area contributed by atoms with Crippen LogP contribution in [-0.2, 0) is 20.0 Å². The zero-order valence-corrected chi connectivity index (χ0v) is 17.7. The molecule has 140 valence electrons. The number of aryl methyl sites for hydroxylation is 1. The number of nitrogens with one attached hydrogen (secondary N) is 1. The Kier molecular flexibility index (Phi) is 7.37. The number of aliphatic imine (C=N–C) groups is 1. The largest absolute Gasteiger partial charge is 0.357 e. The summed E-state index contributed by atoms with van der Waals surface area (Å²) in [6, 6.07) is 5.89. The van der Waals surface area contributed by atoms with Crippen LogP contribution in [0.4, 0.5) is 0 Å². The molecule has 1 N–H and O–H groups in total. The summed E-state index contributed by atoms with van der Waals surface area (Å²) in [4.78, 5) is 6.82. The summed E-state index contributed by atoms with van der Waals surface area (Å²) >= 11 is 0. The monoisotopic (exact) mass is 468 g/mol. The van der Waals surface area contributed by atoms with Crippen LogP contribution in [0.1, 0.15) is 18.3 Å². The van der Waals surface area contributed by atoms with Gasteiger partial charge in [-0.1, -0.05) is 6.07 Å². The molecule has 0 spiro atoms. The van der Waals surface area contributed by atoms with Gasteiger partial charge in [0.1, 0.15) is 5.82 Å². The predicted octanol–water partition coefficient (Wildman–Crippen LogP) is 1.72. The molecular formula is C17H25IN8. The average molecular weight is 468 g/mol. The van der Waals surface area contributed by atoms with Gasteiger partial charge in [-0.25, -0.2) is 0 Å². The third-order valence-corrected chi connectivity index (χ3v) is 3.86. The van der Waals surface area contributed by atoms with E-state index >= 15 is 0 Å². The molecule has 0 saturated heterocycles. The van der Waals surface area contributed by atoms with E-state index in [2.05, 4.69) is 32.4 Å². The van der Waals surface area contributed by atoms with Gasteiger partial charge >= 0.3 is 0 Å². The highest BCUT2D eigenvalue weighted by molar-refractivity contribution is 14.0. The fourth-order valence-electron chi connectivity index (χ4n) is 2.70. The molecule has 26 heavy (non-hydrogen) atoms. The van der Waals surface area contributed by atoms with Crippen LogP contribution >= 0.6 is 24.0 Å². The van der Waals surface area contributed by atoms with Crippen molar-refractivity contribution < 1.29 is 0 Å².